The van der Waals surface area contributed by atoms with E-state index in [0.717, 1.165) is 5.57 Å². The third-order valence-electron chi connectivity index (χ3n) is 6.54. The van der Waals surface area contributed by atoms with Crippen LogP contribution in [0.4, 0.5) is 0 Å². The Bertz CT molecular complexity index is 727. The molecule has 1 heterocycles. The van der Waals surface area contributed by atoms with Crippen molar-refractivity contribution in [1.82, 2.24) is 5.06 Å². The smallest absolute Gasteiger partial charge is 0.312 e. The maximum atomic E-state index is 11.3. The van der Waals surface area contributed by atoms with Gasteiger partial charge in [-0.25, -0.2) is 9.13 Å². The first-order valence-electron chi connectivity index (χ1n) is 9.97. The zero-order valence-electron chi connectivity index (χ0n) is 16.7. The Morgan fingerprint density at radius 3 is 1.72 bits per heavy atom. The van der Waals surface area contributed by atoms with Crippen molar-refractivity contribution in [2.75, 3.05) is 0 Å². The Morgan fingerprint density at radius 2 is 1.34 bits per heavy atom. The van der Waals surface area contributed by atoms with E-state index >= 15 is 0 Å². The topological polar surface area (TPSA) is 157 Å². The number of nitrogens with zero attached hydrogens (tertiary/aromatic N) is 1. The van der Waals surface area contributed by atoms with Crippen molar-refractivity contribution >= 4 is 15.6 Å². The van der Waals surface area contributed by atoms with E-state index in [9.17, 15) is 14.3 Å². The summed E-state index contributed by atoms with van der Waals surface area (Å²) in [4.78, 5) is 36.2. The Labute approximate surface area is 170 Å². The minimum Gasteiger partial charge on any atom is -0.312 e. The van der Waals surface area contributed by atoms with Gasteiger partial charge in [0.05, 0.1) is 23.3 Å². The van der Waals surface area contributed by atoms with Crippen LogP contribution >= 0.6 is 15.6 Å². The van der Waals surface area contributed by atoms with Gasteiger partial charge in [0.1, 0.15) is 0 Å². The summed E-state index contributed by atoms with van der Waals surface area (Å²) in [6.07, 6.45) is 4.75. The fraction of sp³-hybridized carbons (Fsp3) is 0.882. The molecule has 0 amide bonds. The normalized spacial score (nSPS) is 36.9. The van der Waals surface area contributed by atoms with Crippen molar-refractivity contribution in [2.45, 2.75) is 88.5 Å². The van der Waals surface area contributed by atoms with Crippen LogP contribution in [0.3, 0.4) is 0 Å². The minimum absolute atomic E-state index is 0.173. The highest BCUT2D eigenvalue weighted by molar-refractivity contribution is 7.46. The van der Waals surface area contributed by atoms with Crippen LogP contribution in [0.25, 0.3) is 0 Å². The fourth-order valence-electron chi connectivity index (χ4n) is 5.35. The first kappa shape index (κ1) is 23.5. The summed E-state index contributed by atoms with van der Waals surface area (Å²) in [6.45, 7) is 4.11. The van der Waals surface area contributed by atoms with Gasteiger partial charge in [0, 0.05) is 0 Å². The van der Waals surface area contributed by atoms with Crippen molar-refractivity contribution in [3.63, 3.8) is 0 Å². The monoisotopic (exact) mass is 455 g/mol. The van der Waals surface area contributed by atoms with Gasteiger partial charge in [-0.1, -0.05) is 19.9 Å². The number of phosphoric acid groups is 2. The van der Waals surface area contributed by atoms with Crippen LogP contribution in [0.5, 0.6) is 0 Å². The van der Waals surface area contributed by atoms with E-state index in [1.54, 1.807) is 0 Å². The predicted molar refractivity (Wildman–Crippen MR) is 103 cm³/mol. The van der Waals surface area contributed by atoms with Gasteiger partial charge in [0.15, 0.2) is 0 Å². The molecule has 0 saturated heterocycles. The van der Waals surface area contributed by atoms with E-state index < -0.39 is 38.9 Å². The highest BCUT2D eigenvalue weighted by atomic mass is 31.2. The van der Waals surface area contributed by atoms with Crippen LogP contribution in [0, 0.1) is 5.92 Å². The van der Waals surface area contributed by atoms with Gasteiger partial charge in [-0.3, -0.25) is 9.05 Å². The Morgan fingerprint density at radius 1 is 0.931 bits per heavy atom. The van der Waals surface area contributed by atoms with Gasteiger partial charge in [-0.2, -0.15) is 5.06 Å². The van der Waals surface area contributed by atoms with Gasteiger partial charge < -0.3 is 24.8 Å². The molecule has 12 heteroatoms. The van der Waals surface area contributed by atoms with Crippen molar-refractivity contribution in [3.8, 4) is 0 Å². The summed E-state index contributed by atoms with van der Waals surface area (Å²) in [6, 6.07) is 0. The molecule has 2 aliphatic carbocycles. The lowest BCUT2D eigenvalue weighted by Crippen LogP contribution is -2.57. The second-order valence-electron chi connectivity index (χ2n) is 8.79. The highest BCUT2D eigenvalue weighted by Crippen LogP contribution is 2.56. The van der Waals surface area contributed by atoms with Crippen molar-refractivity contribution in [1.29, 1.82) is 0 Å². The molecule has 0 aromatic rings. The Hall–Kier alpha value is -0.120. The summed E-state index contributed by atoms with van der Waals surface area (Å²) in [5.74, 6) is 0.173. The Balaban J connectivity index is 1.76. The molecule has 5 N–H and O–H groups in total. The molecule has 2 saturated carbocycles. The largest absolute Gasteiger partial charge is 0.469 e. The lowest BCUT2D eigenvalue weighted by Gasteiger charge is -2.49. The van der Waals surface area contributed by atoms with Crippen LogP contribution in [0.2, 0.25) is 0 Å². The second kappa shape index (κ2) is 8.10. The summed E-state index contributed by atoms with van der Waals surface area (Å²) >= 11 is 0. The van der Waals surface area contributed by atoms with Gasteiger partial charge in [0.2, 0.25) is 0 Å². The second-order valence-corrected chi connectivity index (χ2v) is 11.2. The quantitative estimate of drug-likeness (QED) is 0.308. The van der Waals surface area contributed by atoms with Crippen LogP contribution in [-0.2, 0) is 18.2 Å². The molecular formula is C17H31NO9P2. The van der Waals surface area contributed by atoms with Crippen LogP contribution in [-0.4, -0.2) is 53.1 Å². The first-order chi connectivity index (χ1) is 13.3. The van der Waals surface area contributed by atoms with E-state index in [-0.39, 0.29) is 5.92 Å². The summed E-state index contributed by atoms with van der Waals surface area (Å²) in [7, 11) is -9.10. The maximum Gasteiger partial charge on any atom is 0.469 e. The van der Waals surface area contributed by atoms with E-state index in [0.29, 0.717) is 51.4 Å². The molecule has 0 atom stereocenters. The van der Waals surface area contributed by atoms with Crippen LogP contribution in [0.15, 0.2) is 11.6 Å². The van der Waals surface area contributed by atoms with E-state index in [1.807, 2.05) is 0 Å². The summed E-state index contributed by atoms with van der Waals surface area (Å²) < 4.78 is 32.0. The molecule has 10 nitrogen and oxygen atoms in total. The number of phosphoric ester groups is 2. The average molecular weight is 455 g/mol. The molecule has 29 heavy (non-hydrogen) atoms. The fourth-order valence-corrected chi connectivity index (χ4v) is 6.55. The lowest BCUT2D eigenvalue weighted by molar-refractivity contribution is -0.227. The third-order valence-corrected chi connectivity index (χ3v) is 7.69. The summed E-state index contributed by atoms with van der Waals surface area (Å²) in [5, 5.41) is 12.7. The number of rotatable bonds is 5. The zero-order chi connectivity index (χ0) is 21.7. The average Bonchev–Trinajstić information content (AvgIpc) is 2.80. The molecule has 2 spiro atoms. The number of hydroxylamine groups is 2. The zero-order valence-corrected chi connectivity index (χ0v) is 18.5. The number of hydrogen-bond donors (Lipinski definition) is 5. The molecule has 0 aromatic heterocycles. The van der Waals surface area contributed by atoms with Crippen molar-refractivity contribution in [2.24, 2.45) is 5.92 Å². The van der Waals surface area contributed by atoms with Crippen LogP contribution in [0.1, 0.15) is 65.2 Å². The molecule has 3 rings (SSSR count). The molecular weight excluding hydrogens is 424 g/mol. The molecule has 0 radical (unpaired) electrons. The molecule has 3 aliphatic rings. The maximum absolute atomic E-state index is 11.3. The van der Waals surface area contributed by atoms with Crippen LogP contribution < -0.4 is 0 Å². The SMILES string of the molecule is CC(C)C1=CC2(CCC(OP(=O)(O)O)CC2)N(O)C12CCC(OP(=O)(O)O)CC2. The predicted octanol–water partition coefficient (Wildman–Crippen LogP) is 2.86. The third kappa shape index (κ3) is 5.04. The van der Waals surface area contributed by atoms with E-state index in [4.69, 9.17) is 28.6 Å². The highest BCUT2D eigenvalue weighted by Gasteiger charge is 2.57. The van der Waals surface area contributed by atoms with E-state index in [1.165, 1.54) is 5.06 Å². The molecule has 0 unspecified atom stereocenters. The summed E-state index contributed by atoms with van der Waals surface area (Å²) in [5.41, 5.74) is -0.130. The molecule has 0 bridgehead atoms. The molecule has 2 fully saturated rings. The Kier molecular flexibility index (Phi) is 6.57. The van der Waals surface area contributed by atoms with Crippen molar-refractivity contribution in [3.05, 3.63) is 11.6 Å². The lowest BCUT2D eigenvalue weighted by atomic mass is 9.73. The molecule has 1 aliphatic heterocycles. The molecule has 0 aromatic carbocycles. The first-order valence-corrected chi connectivity index (χ1v) is 13.0. The van der Waals surface area contributed by atoms with Crippen molar-refractivity contribution < 1.29 is 43.0 Å². The van der Waals surface area contributed by atoms with Gasteiger partial charge >= 0.3 is 15.6 Å². The van der Waals surface area contributed by atoms with Gasteiger partial charge in [-0.05, 0) is 62.9 Å². The number of hydrogen-bond acceptors (Lipinski definition) is 6. The van der Waals surface area contributed by atoms with Gasteiger partial charge in [0.25, 0.3) is 0 Å². The standard InChI is InChI=1S/C17H31NO9P2/c1-12(2)15-11-16(7-3-13(4-8-16)26-28(20,21)22)18(19)17(15)9-5-14(6-10-17)27-29(23,24)25/h11-14,19H,3-10H2,1-2H3,(H2,20,21,22)(H2,23,24,25). The van der Waals surface area contributed by atoms with Gasteiger partial charge in [-0.15, -0.1) is 0 Å². The minimum atomic E-state index is -4.55. The molecule has 168 valence electrons. The van der Waals surface area contributed by atoms with E-state index in [2.05, 4.69) is 19.9 Å².